The smallest absolute Gasteiger partial charge is 0.254 e. The predicted octanol–water partition coefficient (Wildman–Crippen LogP) is 1.12. The molecule has 1 aliphatic heterocycles. The lowest BCUT2D eigenvalue weighted by Crippen LogP contribution is -2.29. The third-order valence-corrected chi connectivity index (χ3v) is 4.39. The summed E-state index contributed by atoms with van der Waals surface area (Å²) in [6.07, 6.45) is 0.986. The third-order valence-electron chi connectivity index (χ3n) is 3.48. The number of likely N-dealkylation sites (tertiary alicyclic amines) is 1. The van der Waals surface area contributed by atoms with Crippen molar-refractivity contribution >= 4 is 15.9 Å². The molecule has 1 saturated heterocycles. The normalized spacial score (nSPS) is 19.7. The number of rotatable bonds is 2. The zero-order chi connectivity index (χ0) is 14.2. The molecule has 1 aromatic carbocycles. The van der Waals surface area contributed by atoms with Gasteiger partial charge in [-0.3, -0.25) is 4.79 Å². The van der Waals surface area contributed by atoms with E-state index in [-0.39, 0.29) is 10.8 Å². The van der Waals surface area contributed by atoms with Crippen molar-refractivity contribution in [2.24, 2.45) is 11.1 Å². The molecule has 2 rings (SSSR count). The number of nitrogens with two attached hydrogens (primary N) is 1. The van der Waals surface area contributed by atoms with E-state index in [1.54, 1.807) is 17.9 Å². The summed E-state index contributed by atoms with van der Waals surface area (Å²) in [5.41, 5.74) is 1.18. The monoisotopic (exact) mass is 282 g/mol. The number of primary sulfonamides is 1. The molecular formula is C13H18N2O3S. The van der Waals surface area contributed by atoms with Crippen LogP contribution in [0.1, 0.15) is 29.3 Å². The van der Waals surface area contributed by atoms with Gasteiger partial charge in [-0.05, 0) is 37.0 Å². The Kier molecular flexibility index (Phi) is 3.64. The Morgan fingerprint density at radius 3 is 2.63 bits per heavy atom. The molecule has 19 heavy (non-hydrogen) atoms. The molecule has 0 aromatic heterocycles. The van der Waals surface area contributed by atoms with Crippen molar-refractivity contribution in [2.75, 3.05) is 13.1 Å². The van der Waals surface area contributed by atoms with Crippen LogP contribution in [0, 0.1) is 12.8 Å². The summed E-state index contributed by atoms with van der Waals surface area (Å²) in [4.78, 5) is 14.1. The van der Waals surface area contributed by atoms with Gasteiger partial charge in [0.15, 0.2) is 0 Å². The molecule has 0 saturated carbocycles. The van der Waals surface area contributed by atoms with Crippen molar-refractivity contribution in [1.82, 2.24) is 4.90 Å². The molecule has 1 aliphatic rings. The Balaban J connectivity index is 2.36. The number of aryl methyl sites for hydroxylation is 1. The van der Waals surface area contributed by atoms with Gasteiger partial charge in [0.1, 0.15) is 0 Å². The van der Waals surface area contributed by atoms with E-state index in [1.165, 1.54) is 12.1 Å². The molecule has 1 heterocycles. The van der Waals surface area contributed by atoms with E-state index >= 15 is 0 Å². The second-order valence-corrected chi connectivity index (χ2v) is 6.73. The SMILES string of the molecule is Cc1ccc(S(N)(=O)=O)cc1C(=O)N1CCC(C)C1. The lowest BCUT2D eigenvalue weighted by molar-refractivity contribution is 0.0787. The molecule has 0 radical (unpaired) electrons. The van der Waals surface area contributed by atoms with Crippen LogP contribution in [0.5, 0.6) is 0 Å². The lowest BCUT2D eigenvalue weighted by atomic mass is 10.1. The molecule has 5 nitrogen and oxygen atoms in total. The van der Waals surface area contributed by atoms with Crippen molar-refractivity contribution in [3.63, 3.8) is 0 Å². The molecule has 2 N–H and O–H groups in total. The van der Waals surface area contributed by atoms with Crippen LogP contribution in [0.25, 0.3) is 0 Å². The maximum absolute atomic E-state index is 12.4. The molecule has 6 heteroatoms. The molecule has 104 valence electrons. The van der Waals surface area contributed by atoms with Gasteiger partial charge in [0.2, 0.25) is 10.0 Å². The number of amides is 1. The van der Waals surface area contributed by atoms with Gasteiger partial charge < -0.3 is 4.90 Å². The van der Waals surface area contributed by atoms with Crippen molar-refractivity contribution < 1.29 is 13.2 Å². The lowest BCUT2D eigenvalue weighted by Gasteiger charge is -2.17. The van der Waals surface area contributed by atoms with Crippen LogP contribution in [0.3, 0.4) is 0 Å². The summed E-state index contributed by atoms with van der Waals surface area (Å²) < 4.78 is 22.7. The molecule has 1 aromatic rings. The summed E-state index contributed by atoms with van der Waals surface area (Å²) in [5.74, 6) is 0.373. The molecule has 1 unspecified atom stereocenters. The highest BCUT2D eigenvalue weighted by Gasteiger charge is 2.25. The number of carbonyl (C=O) groups excluding carboxylic acids is 1. The predicted molar refractivity (Wildman–Crippen MR) is 72.2 cm³/mol. The van der Waals surface area contributed by atoms with Crippen molar-refractivity contribution in [3.05, 3.63) is 29.3 Å². The average molecular weight is 282 g/mol. The molecule has 1 fully saturated rings. The molecule has 1 amide bonds. The van der Waals surface area contributed by atoms with E-state index in [2.05, 4.69) is 6.92 Å². The standard InChI is InChI=1S/C13H18N2O3S/c1-9-5-6-15(8-9)13(16)12-7-11(19(14,17)18)4-3-10(12)2/h3-4,7,9H,5-6,8H2,1-2H3,(H2,14,17,18). The molecule has 0 bridgehead atoms. The highest BCUT2D eigenvalue weighted by molar-refractivity contribution is 7.89. The van der Waals surface area contributed by atoms with Gasteiger partial charge in [0.25, 0.3) is 5.91 Å². The Labute approximate surface area is 113 Å². The third kappa shape index (κ3) is 2.96. The second-order valence-electron chi connectivity index (χ2n) is 5.17. The van der Waals surface area contributed by atoms with Crippen molar-refractivity contribution in [1.29, 1.82) is 0 Å². The zero-order valence-electron chi connectivity index (χ0n) is 11.1. The van der Waals surface area contributed by atoms with E-state index in [9.17, 15) is 13.2 Å². The van der Waals surface area contributed by atoms with Crippen LogP contribution in [0.15, 0.2) is 23.1 Å². The summed E-state index contributed by atoms with van der Waals surface area (Å²) in [5, 5.41) is 5.10. The maximum atomic E-state index is 12.4. The maximum Gasteiger partial charge on any atom is 0.254 e. The van der Waals surface area contributed by atoms with Crippen molar-refractivity contribution in [2.45, 2.75) is 25.2 Å². The highest BCUT2D eigenvalue weighted by Crippen LogP contribution is 2.21. The Hall–Kier alpha value is -1.40. The number of nitrogens with zero attached hydrogens (tertiary/aromatic N) is 1. The second kappa shape index (κ2) is 4.94. The van der Waals surface area contributed by atoms with Gasteiger partial charge in [-0.1, -0.05) is 13.0 Å². The molecule has 0 spiro atoms. The van der Waals surface area contributed by atoms with Gasteiger partial charge in [-0.2, -0.15) is 0 Å². The van der Waals surface area contributed by atoms with E-state index in [0.29, 0.717) is 11.5 Å². The fourth-order valence-corrected chi connectivity index (χ4v) is 2.84. The zero-order valence-corrected chi connectivity index (χ0v) is 11.9. The number of benzene rings is 1. The quantitative estimate of drug-likeness (QED) is 0.882. The highest BCUT2D eigenvalue weighted by atomic mass is 32.2. The first-order valence-electron chi connectivity index (χ1n) is 6.22. The van der Waals surface area contributed by atoms with Gasteiger partial charge >= 0.3 is 0 Å². The molecular weight excluding hydrogens is 264 g/mol. The minimum absolute atomic E-state index is 0.0197. The number of sulfonamides is 1. The summed E-state index contributed by atoms with van der Waals surface area (Å²) in [7, 11) is -3.78. The number of carbonyl (C=O) groups is 1. The molecule has 0 aliphatic carbocycles. The van der Waals surface area contributed by atoms with Crippen LogP contribution >= 0.6 is 0 Å². The fourth-order valence-electron chi connectivity index (χ4n) is 2.30. The minimum atomic E-state index is -3.78. The number of hydrogen-bond donors (Lipinski definition) is 1. The summed E-state index contributed by atoms with van der Waals surface area (Å²) >= 11 is 0. The minimum Gasteiger partial charge on any atom is -0.338 e. The first-order chi connectivity index (χ1) is 8.79. The van der Waals surface area contributed by atoms with Crippen LogP contribution in [0.2, 0.25) is 0 Å². The van der Waals surface area contributed by atoms with Crippen LogP contribution in [-0.4, -0.2) is 32.3 Å². The van der Waals surface area contributed by atoms with Gasteiger partial charge in [0, 0.05) is 18.7 Å². The Morgan fingerprint density at radius 1 is 1.42 bits per heavy atom. The molecule has 1 atom stereocenters. The average Bonchev–Trinajstić information content (AvgIpc) is 2.74. The van der Waals surface area contributed by atoms with Crippen molar-refractivity contribution in [3.8, 4) is 0 Å². The summed E-state index contributed by atoms with van der Waals surface area (Å²) in [6.45, 7) is 5.33. The van der Waals surface area contributed by atoms with Gasteiger partial charge in [0.05, 0.1) is 4.90 Å². The number of hydrogen-bond acceptors (Lipinski definition) is 3. The van der Waals surface area contributed by atoms with E-state index < -0.39 is 10.0 Å². The van der Waals surface area contributed by atoms with Crippen LogP contribution < -0.4 is 5.14 Å². The van der Waals surface area contributed by atoms with E-state index in [4.69, 9.17) is 5.14 Å². The topological polar surface area (TPSA) is 80.5 Å². The van der Waals surface area contributed by atoms with Crippen LogP contribution in [0.4, 0.5) is 0 Å². The fraction of sp³-hybridized carbons (Fsp3) is 0.462. The first-order valence-corrected chi connectivity index (χ1v) is 7.76. The Bertz CT molecular complexity index is 610. The van der Waals surface area contributed by atoms with Gasteiger partial charge in [-0.15, -0.1) is 0 Å². The first kappa shape index (κ1) is 14.0. The van der Waals surface area contributed by atoms with E-state index in [1.807, 2.05) is 0 Å². The van der Waals surface area contributed by atoms with Gasteiger partial charge in [-0.25, -0.2) is 13.6 Å². The van der Waals surface area contributed by atoms with E-state index in [0.717, 1.165) is 25.1 Å². The summed E-state index contributed by atoms with van der Waals surface area (Å²) in [6, 6.07) is 4.41. The largest absolute Gasteiger partial charge is 0.338 e. The van der Waals surface area contributed by atoms with Crippen LogP contribution in [-0.2, 0) is 10.0 Å². The Morgan fingerprint density at radius 2 is 2.11 bits per heavy atom.